The fourth-order valence-corrected chi connectivity index (χ4v) is 4.07. The normalized spacial score (nSPS) is 11.9. The molecule has 0 radical (unpaired) electrons. The molecule has 0 unspecified atom stereocenters. The van der Waals surface area contributed by atoms with Crippen LogP contribution in [0.2, 0.25) is 0 Å². The van der Waals surface area contributed by atoms with Crippen LogP contribution in [-0.4, -0.2) is 40.5 Å². The highest BCUT2D eigenvalue weighted by molar-refractivity contribution is 6.01. The maximum Gasteiger partial charge on any atom is 0.249 e. The number of para-hydroxylation sites is 1. The largest absolute Gasteiger partial charge is 0.497 e. The third-order valence-corrected chi connectivity index (χ3v) is 5.95. The number of hydrogen-bond donors (Lipinski definition) is 1. The second kappa shape index (κ2) is 11.5. The van der Waals surface area contributed by atoms with Gasteiger partial charge >= 0.3 is 0 Å². The first-order valence-electron chi connectivity index (χ1n) is 12.0. The molecule has 186 valence electrons. The molecule has 0 fully saturated rings. The van der Waals surface area contributed by atoms with Crippen molar-refractivity contribution in [1.82, 2.24) is 20.3 Å². The Morgan fingerprint density at radius 2 is 1.75 bits per heavy atom. The van der Waals surface area contributed by atoms with Crippen molar-refractivity contribution in [3.63, 3.8) is 0 Å². The minimum atomic E-state index is -0.882. The maximum absolute atomic E-state index is 14.0. The van der Waals surface area contributed by atoms with Crippen LogP contribution in [0.15, 0.2) is 78.9 Å². The SMILES string of the molecule is COc1cccc(N(C(=O)Cn2nnc3ccccc32)[C@H](C(=O)NCCC(C)C)c2ccccc2)c1. The number of anilines is 1. The highest BCUT2D eigenvalue weighted by atomic mass is 16.5. The molecule has 4 aromatic rings. The zero-order valence-corrected chi connectivity index (χ0v) is 20.8. The smallest absolute Gasteiger partial charge is 0.249 e. The van der Waals surface area contributed by atoms with Gasteiger partial charge in [-0.2, -0.15) is 0 Å². The van der Waals surface area contributed by atoms with Gasteiger partial charge in [0, 0.05) is 18.3 Å². The molecule has 0 aliphatic carbocycles. The second-order valence-corrected chi connectivity index (χ2v) is 8.99. The van der Waals surface area contributed by atoms with Crippen LogP contribution in [0.1, 0.15) is 31.9 Å². The molecule has 1 heterocycles. The lowest BCUT2D eigenvalue weighted by Crippen LogP contribution is -2.45. The van der Waals surface area contributed by atoms with Gasteiger partial charge in [0.1, 0.15) is 23.9 Å². The van der Waals surface area contributed by atoms with Crippen molar-refractivity contribution in [3.8, 4) is 5.75 Å². The lowest BCUT2D eigenvalue weighted by Gasteiger charge is -2.32. The fraction of sp³-hybridized carbons (Fsp3) is 0.286. The zero-order valence-electron chi connectivity index (χ0n) is 20.8. The molecule has 3 aromatic carbocycles. The molecule has 4 rings (SSSR count). The molecular weight excluding hydrogens is 454 g/mol. The van der Waals surface area contributed by atoms with E-state index >= 15 is 0 Å². The van der Waals surface area contributed by atoms with Crippen molar-refractivity contribution in [2.45, 2.75) is 32.9 Å². The Kier molecular flexibility index (Phi) is 7.95. The van der Waals surface area contributed by atoms with E-state index in [2.05, 4.69) is 29.5 Å². The zero-order chi connectivity index (χ0) is 25.5. The molecule has 0 aliphatic rings. The Morgan fingerprint density at radius 1 is 1.00 bits per heavy atom. The predicted molar refractivity (Wildman–Crippen MR) is 140 cm³/mol. The van der Waals surface area contributed by atoms with Crippen LogP contribution in [0.3, 0.4) is 0 Å². The van der Waals surface area contributed by atoms with Gasteiger partial charge in [-0.3, -0.25) is 14.5 Å². The summed E-state index contributed by atoms with van der Waals surface area (Å²) >= 11 is 0. The van der Waals surface area contributed by atoms with E-state index < -0.39 is 6.04 Å². The first-order chi connectivity index (χ1) is 17.5. The molecule has 8 nitrogen and oxygen atoms in total. The fourth-order valence-electron chi connectivity index (χ4n) is 4.07. The van der Waals surface area contributed by atoms with Crippen molar-refractivity contribution in [2.24, 2.45) is 5.92 Å². The van der Waals surface area contributed by atoms with Crippen LogP contribution in [-0.2, 0) is 16.1 Å². The highest BCUT2D eigenvalue weighted by Crippen LogP contribution is 2.31. The molecule has 8 heteroatoms. The lowest BCUT2D eigenvalue weighted by atomic mass is 10.0. The number of benzene rings is 3. The number of nitrogens with zero attached hydrogens (tertiary/aromatic N) is 4. The minimum Gasteiger partial charge on any atom is -0.497 e. The topological polar surface area (TPSA) is 89.3 Å². The summed E-state index contributed by atoms with van der Waals surface area (Å²) in [6.07, 6.45) is 0.839. The monoisotopic (exact) mass is 485 g/mol. The predicted octanol–water partition coefficient (Wildman–Crippen LogP) is 4.38. The van der Waals surface area contributed by atoms with E-state index in [1.165, 1.54) is 4.90 Å². The lowest BCUT2D eigenvalue weighted by molar-refractivity contribution is -0.127. The van der Waals surface area contributed by atoms with Gasteiger partial charge < -0.3 is 10.1 Å². The number of rotatable bonds is 10. The van der Waals surface area contributed by atoms with E-state index in [1.807, 2.05) is 54.6 Å². The van der Waals surface area contributed by atoms with E-state index in [1.54, 1.807) is 36.1 Å². The molecule has 0 spiro atoms. The van der Waals surface area contributed by atoms with Crippen molar-refractivity contribution in [3.05, 3.63) is 84.4 Å². The first-order valence-corrected chi connectivity index (χ1v) is 12.0. The molecule has 0 saturated carbocycles. The Labute approximate surface area is 210 Å². The molecule has 0 bridgehead atoms. The van der Waals surface area contributed by atoms with Crippen LogP contribution in [0.4, 0.5) is 5.69 Å². The van der Waals surface area contributed by atoms with Gasteiger partial charge in [-0.15, -0.1) is 5.10 Å². The van der Waals surface area contributed by atoms with Gasteiger partial charge in [0.25, 0.3) is 0 Å². The van der Waals surface area contributed by atoms with E-state index in [4.69, 9.17) is 4.74 Å². The summed E-state index contributed by atoms with van der Waals surface area (Å²) in [6.45, 7) is 4.65. The summed E-state index contributed by atoms with van der Waals surface area (Å²) in [5.74, 6) is 0.481. The molecule has 0 saturated heterocycles. The second-order valence-electron chi connectivity index (χ2n) is 8.99. The average molecular weight is 486 g/mol. The number of aromatic nitrogens is 3. The average Bonchev–Trinajstić information content (AvgIpc) is 3.30. The van der Waals surface area contributed by atoms with Crippen molar-refractivity contribution < 1.29 is 14.3 Å². The van der Waals surface area contributed by atoms with Crippen LogP contribution in [0.5, 0.6) is 5.75 Å². The van der Waals surface area contributed by atoms with Gasteiger partial charge in [0.05, 0.1) is 12.6 Å². The highest BCUT2D eigenvalue weighted by Gasteiger charge is 2.33. The van der Waals surface area contributed by atoms with Gasteiger partial charge in [-0.1, -0.05) is 67.6 Å². The summed E-state index contributed by atoms with van der Waals surface area (Å²) in [7, 11) is 1.57. The van der Waals surface area contributed by atoms with Crippen LogP contribution < -0.4 is 15.0 Å². The van der Waals surface area contributed by atoms with Gasteiger partial charge in [-0.25, -0.2) is 4.68 Å². The summed E-state index contributed by atoms with van der Waals surface area (Å²) < 4.78 is 6.98. The third-order valence-electron chi connectivity index (χ3n) is 5.95. The number of hydrogen-bond acceptors (Lipinski definition) is 5. The molecule has 1 atom stereocenters. The number of fused-ring (bicyclic) bond motifs is 1. The van der Waals surface area contributed by atoms with Crippen molar-refractivity contribution in [2.75, 3.05) is 18.6 Å². The van der Waals surface area contributed by atoms with Crippen molar-refractivity contribution >= 4 is 28.5 Å². The van der Waals surface area contributed by atoms with Gasteiger partial charge in [0.15, 0.2) is 0 Å². The number of amides is 2. The standard InChI is InChI=1S/C28H31N5O3/c1-20(2)16-17-29-28(35)27(21-10-5-4-6-11-21)33(22-12-9-13-23(18-22)36-3)26(34)19-32-25-15-8-7-14-24(25)30-31-32/h4-15,18,20,27H,16-17,19H2,1-3H3,(H,29,35)/t27-/m0/s1. The molecule has 1 aromatic heterocycles. The van der Waals surface area contributed by atoms with E-state index in [9.17, 15) is 9.59 Å². The number of ether oxygens (including phenoxy) is 1. The van der Waals surface area contributed by atoms with Crippen LogP contribution in [0, 0.1) is 5.92 Å². The van der Waals surface area contributed by atoms with Crippen LogP contribution >= 0.6 is 0 Å². The Hall–Kier alpha value is -4.20. The maximum atomic E-state index is 14.0. The molecule has 36 heavy (non-hydrogen) atoms. The Bertz CT molecular complexity index is 1320. The first kappa shape index (κ1) is 24.9. The summed E-state index contributed by atoms with van der Waals surface area (Å²) in [6, 6.07) is 23.1. The number of methoxy groups -OCH3 is 1. The minimum absolute atomic E-state index is 0.0830. The van der Waals surface area contributed by atoms with Crippen LogP contribution in [0.25, 0.3) is 11.0 Å². The van der Waals surface area contributed by atoms with E-state index in [0.717, 1.165) is 11.9 Å². The number of carbonyl (C=O) groups excluding carboxylic acids is 2. The van der Waals surface area contributed by atoms with Gasteiger partial charge in [0.2, 0.25) is 11.8 Å². The Balaban J connectivity index is 1.76. The molecular formula is C28H31N5O3. The molecule has 2 amide bonds. The van der Waals surface area contributed by atoms with E-state index in [-0.39, 0.29) is 18.4 Å². The number of nitrogens with one attached hydrogen (secondary N) is 1. The summed E-state index contributed by atoms with van der Waals surface area (Å²) in [5.41, 5.74) is 2.70. The third kappa shape index (κ3) is 5.71. The molecule has 0 aliphatic heterocycles. The number of carbonyl (C=O) groups is 2. The summed E-state index contributed by atoms with van der Waals surface area (Å²) in [5, 5.41) is 11.4. The Morgan fingerprint density at radius 3 is 2.50 bits per heavy atom. The van der Waals surface area contributed by atoms with E-state index in [0.29, 0.717) is 35.0 Å². The van der Waals surface area contributed by atoms with Gasteiger partial charge in [-0.05, 0) is 42.2 Å². The summed E-state index contributed by atoms with van der Waals surface area (Å²) in [4.78, 5) is 29.1. The quantitative estimate of drug-likeness (QED) is 0.360. The molecule has 1 N–H and O–H groups in total. The van der Waals surface area contributed by atoms with Crippen molar-refractivity contribution in [1.29, 1.82) is 0 Å².